The van der Waals surface area contributed by atoms with Gasteiger partial charge in [0.15, 0.2) is 5.13 Å². The Morgan fingerprint density at radius 2 is 2.14 bits per heavy atom. The van der Waals surface area contributed by atoms with Gasteiger partial charge in [0.25, 0.3) is 0 Å². The molecule has 21 heavy (non-hydrogen) atoms. The summed E-state index contributed by atoms with van der Waals surface area (Å²) in [6, 6.07) is 0. The number of rotatable bonds is 5. The van der Waals surface area contributed by atoms with Crippen molar-refractivity contribution >= 4 is 33.2 Å². The van der Waals surface area contributed by atoms with Crippen LogP contribution < -0.4 is 5.69 Å². The number of aryl methyl sites for hydroxylation is 1. The number of carboxylic acids is 1. The third kappa shape index (κ3) is 3.21. The summed E-state index contributed by atoms with van der Waals surface area (Å²) < 4.78 is 2.21. The maximum absolute atomic E-state index is 12.3. The van der Waals surface area contributed by atoms with E-state index >= 15 is 0 Å². The number of halogens is 1. The number of carbonyl (C=O) groups is 1. The molecule has 0 radical (unpaired) electrons. The van der Waals surface area contributed by atoms with Crippen LogP contribution in [0.2, 0.25) is 0 Å². The number of nitrogens with zero attached hydrogens (tertiary/aromatic N) is 3. The second kappa shape index (κ2) is 6.48. The zero-order valence-corrected chi connectivity index (χ0v) is 14.0. The van der Waals surface area contributed by atoms with E-state index < -0.39 is 11.7 Å². The summed E-state index contributed by atoms with van der Waals surface area (Å²) in [5.74, 6) is -0.938. The molecule has 0 aliphatic carbocycles. The van der Waals surface area contributed by atoms with E-state index in [0.717, 1.165) is 3.79 Å². The number of aliphatic carboxylic acids is 1. The fourth-order valence-electron chi connectivity index (χ4n) is 2.22. The molecule has 2 aromatic rings. The quantitative estimate of drug-likeness (QED) is 0.870. The number of thiazole rings is 1. The van der Waals surface area contributed by atoms with Gasteiger partial charge in [0.2, 0.25) is 0 Å². The first-order chi connectivity index (χ1) is 9.97. The van der Waals surface area contributed by atoms with Crippen LogP contribution in [0.1, 0.15) is 30.8 Å². The van der Waals surface area contributed by atoms with E-state index in [-0.39, 0.29) is 6.42 Å². The van der Waals surface area contributed by atoms with Crippen molar-refractivity contribution in [2.45, 2.75) is 33.1 Å². The Bertz CT molecular complexity index is 739. The molecule has 2 aromatic heterocycles. The summed E-state index contributed by atoms with van der Waals surface area (Å²) in [6.07, 6.45) is 2.51. The first-order valence-electron chi connectivity index (χ1n) is 6.45. The molecular formula is C13H14BrN3O3S. The SMILES string of the molecule is CCc1nc(=O)n(-c2ncc(Br)s2)c(CC)c1CC(=O)O. The van der Waals surface area contributed by atoms with E-state index in [2.05, 4.69) is 25.9 Å². The van der Waals surface area contributed by atoms with Gasteiger partial charge >= 0.3 is 11.7 Å². The Labute approximate surface area is 133 Å². The maximum atomic E-state index is 12.3. The number of hydrogen-bond donors (Lipinski definition) is 1. The second-order valence-electron chi connectivity index (χ2n) is 4.33. The highest BCUT2D eigenvalue weighted by atomic mass is 79.9. The highest BCUT2D eigenvalue weighted by molar-refractivity contribution is 9.11. The van der Waals surface area contributed by atoms with Crippen molar-refractivity contribution in [2.75, 3.05) is 0 Å². The van der Waals surface area contributed by atoms with Crippen molar-refractivity contribution < 1.29 is 9.90 Å². The highest BCUT2D eigenvalue weighted by Gasteiger charge is 2.19. The number of hydrogen-bond acceptors (Lipinski definition) is 5. The monoisotopic (exact) mass is 371 g/mol. The standard InChI is InChI=1S/C13H14BrN3O3S/c1-3-8-7(5-11(18)19)9(4-2)17(12(20)16-8)13-15-6-10(14)21-13/h6H,3-5H2,1-2H3,(H,18,19). The van der Waals surface area contributed by atoms with E-state index in [4.69, 9.17) is 5.11 Å². The van der Waals surface area contributed by atoms with Gasteiger partial charge in [-0.05, 0) is 28.8 Å². The molecule has 2 heterocycles. The minimum atomic E-state index is -0.938. The molecule has 2 rings (SSSR count). The smallest absolute Gasteiger partial charge is 0.354 e. The third-order valence-electron chi connectivity index (χ3n) is 3.04. The van der Waals surface area contributed by atoms with Crippen LogP contribution in [0.4, 0.5) is 0 Å². The van der Waals surface area contributed by atoms with Crippen LogP contribution >= 0.6 is 27.3 Å². The minimum Gasteiger partial charge on any atom is -0.481 e. The van der Waals surface area contributed by atoms with Crippen LogP contribution in [0.25, 0.3) is 5.13 Å². The van der Waals surface area contributed by atoms with Crippen LogP contribution in [0.5, 0.6) is 0 Å². The lowest BCUT2D eigenvalue weighted by Gasteiger charge is -2.15. The Kier molecular flexibility index (Phi) is 4.89. The van der Waals surface area contributed by atoms with Gasteiger partial charge in [0.1, 0.15) is 0 Å². The van der Waals surface area contributed by atoms with Crippen LogP contribution in [-0.4, -0.2) is 25.6 Å². The van der Waals surface area contributed by atoms with Gasteiger partial charge in [-0.25, -0.2) is 14.3 Å². The summed E-state index contributed by atoms with van der Waals surface area (Å²) in [4.78, 5) is 31.6. The zero-order valence-electron chi connectivity index (χ0n) is 11.6. The lowest BCUT2D eigenvalue weighted by molar-refractivity contribution is -0.136. The lowest BCUT2D eigenvalue weighted by Crippen LogP contribution is -2.29. The molecule has 0 aromatic carbocycles. The van der Waals surface area contributed by atoms with E-state index in [0.29, 0.717) is 34.9 Å². The van der Waals surface area contributed by atoms with Crippen LogP contribution in [0, 0.1) is 0 Å². The Hall–Kier alpha value is -1.54. The fraction of sp³-hybridized carbons (Fsp3) is 0.385. The molecule has 0 bridgehead atoms. The first-order valence-corrected chi connectivity index (χ1v) is 8.06. The van der Waals surface area contributed by atoms with Crippen molar-refractivity contribution in [1.82, 2.24) is 14.5 Å². The molecule has 0 saturated carbocycles. The van der Waals surface area contributed by atoms with Crippen LogP contribution in [0.3, 0.4) is 0 Å². The van der Waals surface area contributed by atoms with Gasteiger partial charge in [-0.15, -0.1) is 0 Å². The summed E-state index contributed by atoms with van der Waals surface area (Å²) in [6.45, 7) is 3.75. The normalized spacial score (nSPS) is 10.8. The Morgan fingerprint density at radius 3 is 2.62 bits per heavy atom. The molecule has 0 aliphatic heterocycles. The summed E-state index contributed by atoms with van der Waals surface area (Å²) >= 11 is 4.62. The molecule has 0 aliphatic rings. The third-order valence-corrected chi connectivity index (χ3v) is 4.50. The van der Waals surface area contributed by atoms with E-state index in [1.165, 1.54) is 15.9 Å². The van der Waals surface area contributed by atoms with Gasteiger partial charge in [-0.2, -0.15) is 4.98 Å². The molecule has 112 valence electrons. The number of aromatic nitrogens is 3. The van der Waals surface area contributed by atoms with Crippen molar-refractivity contribution in [2.24, 2.45) is 0 Å². The second-order valence-corrected chi connectivity index (χ2v) is 6.71. The molecule has 1 N–H and O–H groups in total. The summed E-state index contributed by atoms with van der Waals surface area (Å²) in [5.41, 5.74) is 1.40. The highest BCUT2D eigenvalue weighted by Crippen LogP contribution is 2.24. The van der Waals surface area contributed by atoms with E-state index in [1.54, 1.807) is 6.20 Å². The predicted molar refractivity (Wildman–Crippen MR) is 83.3 cm³/mol. The zero-order chi connectivity index (χ0) is 15.6. The van der Waals surface area contributed by atoms with Crippen LogP contribution in [-0.2, 0) is 24.1 Å². The van der Waals surface area contributed by atoms with E-state index in [9.17, 15) is 9.59 Å². The van der Waals surface area contributed by atoms with E-state index in [1.807, 2.05) is 13.8 Å². The summed E-state index contributed by atoms with van der Waals surface area (Å²) in [5, 5.41) is 9.60. The summed E-state index contributed by atoms with van der Waals surface area (Å²) in [7, 11) is 0. The van der Waals surface area contributed by atoms with Gasteiger partial charge in [-0.1, -0.05) is 25.2 Å². The Morgan fingerprint density at radius 1 is 1.43 bits per heavy atom. The first kappa shape index (κ1) is 15.8. The number of carboxylic acid groups (broad SMARTS) is 1. The molecule has 8 heteroatoms. The van der Waals surface area contributed by atoms with Gasteiger partial charge < -0.3 is 5.11 Å². The topological polar surface area (TPSA) is 85.1 Å². The fourth-order valence-corrected chi connectivity index (χ4v) is 3.42. The molecule has 0 fully saturated rings. The van der Waals surface area contributed by atoms with Crippen LogP contribution in [0.15, 0.2) is 14.8 Å². The predicted octanol–water partition coefficient (Wildman–Crippen LogP) is 2.20. The molecule has 6 nitrogen and oxygen atoms in total. The van der Waals surface area contributed by atoms with Gasteiger partial charge in [0.05, 0.1) is 22.1 Å². The Balaban J connectivity index is 2.75. The maximum Gasteiger partial charge on any atom is 0.354 e. The largest absolute Gasteiger partial charge is 0.481 e. The van der Waals surface area contributed by atoms with Crippen molar-refractivity contribution in [1.29, 1.82) is 0 Å². The molecule has 0 amide bonds. The van der Waals surface area contributed by atoms with Crippen molar-refractivity contribution in [3.05, 3.63) is 37.4 Å². The van der Waals surface area contributed by atoms with Crippen molar-refractivity contribution in [3.8, 4) is 5.13 Å². The molecule has 0 atom stereocenters. The molecular weight excluding hydrogens is 358 g/mol. The molecule has 0 unspecified atom stereocenters. The molecule has 0 spiro atoms. The van der Waals surface area contributed by atoms with Gasteiger partial charge in [-0.3, -0.25) is 4.79 Å². The van der Waals surface area contributed by atoms with Gasteiger partial charge in [0, 0.05) is 11.3 Å². The average Bonchev–Trinajstić information content (AvgIpc) is 2.85. The molecule has 0 saturated heterocycles. The average molecular weight is 372 g/mol. The lowest BCUT2D eigenvalue weighted by atomic mass is 10.0. The van der Waals surface area contributed by atoms with Crippen molar-refractivity contribution in [3.63, 3.8) is 0 Å². The minimum absolute atomic E-state index is 0.147.